The number of pyridine rings is 1. The highest BCUT2D eigenvalue weighted by molar-refractivity contribution is 7.26. The fraction of sp³-hybridized carbons (Fsp3) is 0. The zero-order chi connectivity index (χ0) is 39.6. The van der Waals surface area contributed by atoms with Gasteiger partial charge in [-0.1, -0.05) is 170 Å². The lowest BCUT2D eigenvalue weighted by molar-refractivity contribution is 1.07. The summed E-state index contributed by atoms with van der Waals surface area (Å²) in [7, 11) is 0. The van der Waals surface area contributed by atoms with E-state index < -0.39 is 0 Å². The van der Waals surface area contributed by atoms with Gasteiger partial charge in [-0.3, -0.25) is 0 Å². The zero-order valence-corrected chi connectivity index (χ0v) is 33.7. The number of nitrogens with zero attached hydrogens (tertiary/aromatic N) is 4. The summed E-state index contributed by atoms with van der Waals surface area (Å²) >= 11 is 3.64. The van der Waals surface area contributed by atoms with E-state index in [1.807, 2.05) is 29.5 Å². The highest BCUT2D eigenvalue weighted by atomic mass is 32.1. The molecule has 8 aromatic carbocycles. The fourth-order valence-corrected chi connectivity index (χ4v) is 10.9. The van der Waals surface area contributed by atoms with E-state index in [1.54, 1.807) is 11.3 Å². The maximum atomic E-state index is 5.40. The molecule has 0 unspecified atom stereocenters. The highest BCUT2D eigenvalue weighted by Crippen LogP contribution is 2.44. The van der Waals surface area contributed by atoms with Crippen LogP contribution < -0.4 is 0 Å². The molecule has 0 aliphatic carbocycles. The van der Waals surface area contributed by atoms with Crippen LogP contribution in [-0.4, -0.2) is 19.9 Å². The van der Waals surface area contributed by atoms with Gasteiger partial charge < -0.3 is 0 Å². The highest BCUT2D eigenvalue weighted by Gasteiger charge is 2.19. The first-order chi connectivity index (χ1) is 29.7. The van der Waals surface area contributed by atoms with Crippen LogP contribution in [0.25, 0.3) is 119 Å². The SMILES string of the molecule is c1ccc(-c2ccc3c(c2)nc(-c2ccc(-c4nc(-c5ccccc5)nc(-c5cccc(-c6cccc7c6sc6ccccc67)c5)n4)cc2)c2sc4ccccc4c23)cc1. The van der Waals surface area contributed by atoms with Crippen LogP contribution in [0.2, 0.25) is 0 Å². The Labute approximate surface area is 353 Å². The lowest BCUT2D eigenvalue weighted by Gasteiger charge is -2.11. The number of fused-ring (bicyclic) bond motifs is 8. The van der Waals surface area contributed by atoms with Gasteiger partial charge in [0.25, 0.3) is 0 Å². The summed E-state index contributed by atoms with van der Waals surface area (Å²) in [6.45, 7) is 0. The van der Waals surface area contributed by atoms with Crippen molar-refractivity contribution in [2.75, 3.05) is 0 Å². The topological polar surface area (TPSA) is 51.6 Å². The van der Waals surface area contributed by atoms with Crippen molar-refractivity contribution in [2.45, 2.75) is 0 Å². The van der Waals surface area contributed by atoms with Gasteiger partial charge in [0.15, 0.2) is 17.5 Å². The summed E-state index contributed by atoms with van der Waals surface area (Å²) in [6, 6.07) is 68.4. The predicted molar refractivity (Wildman–Crippen MR) is 254 cm³/mol. The van der Waals surface area contributed by atoms with E-state index in [2.05, 4.69) is 176 Å². The molecule has 0 aliphatic heterocycles. The van der Waals surface area contributed by atoms with Gasteiger partial charge in [0, 0.05) is 63.3 Å². The third-order valence-electron chi connectivity index (χ3n) is 11.3. The Bertz CT molecular complexity index is 3590. The number of aromatic nitrogens is 4. The minimum atomic E-state index is 0.619. The molecule has 0 atom stereocenters. The Morgan fingerprint density at radius 2 is 0.833 bits per heavy atom. The standard InChI is InChI=1S/C54H32N4S2/c1-3-13-33(14-4-1)37-29-30-43-45(32-37)55-49(51-48(43)44-20-8-10-24-47(44)60-51)34-25-27-36(28-26-34)53-56-52(35-15-5-2-6-16-35)57-54(58-53)39-18-11-17-38(31-39)40-21-12-22-42-41-19-7-9-23-46(41)59-50(40)42/h1-32H. The van der Waals surface area contributed by atoms with Crippen molar-refractivity contribution in [1.82, 2.24) is 19.9 Å². The van der Waals surface area contributed by atoms with Crippen LogP contribution in [0, 0.1) is 0 Å². The monoisotopic (exact) mass is 800 g/mol. The largest absolute Gasteiger partial charge is 0.246 e. The molecule has 0 amide bonds. The van der Waals surface area contributed by atoms with E-state index in [4.69, 9.17) is 19.9 Å². The number of rotatable bonds is 6. The molecule has 0 fully saturated rings. The molecule has 0 radical (unpaired) electrons. The third-order valence-corrected chi connectivity index (χ3v) is 13.7. The Hall–Kier alpha value is -7.38. The van der Waals surface area contributed by atoms with E-state index in [0.29, 0.717) is 17.5 Å². The second-order valence-electron chi connectivity index (χ2n) is 15.0. The van der Waals surface area contributed by atoms with Crippen LogP contribution in [0.5, 0.6) is 0 Å². The van der Waals surface area contributed by atoms with Crippen molar-refractivity contribution in [2.24, 2.45) is 0 Å². The van der Waals surface area contributed by atoms with E-state index in [0.717, 1.165) is 44.6 Å². The summed E-state index contributed by atoms with van der Waals surface area (Å²) in [4.78, 5) is 20.7. The number of hydrogen-bond donors (Lipinski definition) is 0. The van der Waals surface area contributed by atoms with Gasteiger partial charge in [0.1, 0.15) is 0 Å². The molecule has 4 heterocycles. The van der Waals surface area contributed by atoms with Gasteiger partial charge in [-0.25, -0.2) is 19.9 Å². The molecule has 4 aromatic heterocycles. The smallest absolute Gasteiger partial charge is 0.164 e. The molecule has 12 aromatic rings. The molecule has 0 bridgehead atoms. The Kier molecular flexibility index (Phi) is 8.18. The van der Waals surface area contributed by atoms with Crippen LogP contribution >= 0.6 is 22.7 Å². The van der Waals surface area contributed by atoms with Gasteiger partial charge >= 0.3 is 0 Å². The number of benzene rings is 8. The Morgan fingerprint density at radius 1 is 0.300 bits per heavy atom. The molecule has 0 saturated heterocycles. The third kappa shape index (κ3) is 5.88. The summed E-state index contributed by atoms with van der Waals surface area (Å²) in [5.41, 5.74) is 10.4. The second kappa shape index (κ2) is 14.2. The first-order valence-corrected chi connectivity index (χ1v) is 21.6. The van der Waals surface area contributed by atoms with Crippen molar-refractivity contribution >= 4 is 73.9 Å². The average Bonchev–Trinajstić information content (AvgIpc) is 3.91. The zero-order valence-electron chi connectivity index (χ0n) is 32.1. The van der Waals surface area contributed by atoms with Gasteiger partial charge in [-0.05, 0) is 46.5 Å². The minimum absolute atomic E-state index is 0.619. The van der Waals surface area contributed by atoms with E-state index in [-0.39, 0.29) is 0 Å². The normalized spacial score (nSPS) is 11.7. The fourth-order valence-electron chi connectivity index (χ4n) is 8.42. The summed E-state index contributed by atoms with van der Waals surface area (Å²) in [5, 5.41) is 6.24. The van der Waals surface area contributed by atoms with Crippen molar-refractivity contribution in [3.8, 4) is 67.7 Å². The van der Waals surface area contributed by atoms with Gasteiger partial charge in [0.05, 0.1) is 15.9 Å². The molecule has 0 saturated carbocycles. The molecular formula is C54H32N4S2. The minimum Gasteiger partial charge on any atom is -0.246 e. The van der Waals surface area contributed by atoms with Crippen LogP contribution in [0.1, 0.15) is 0 Å². The summed E-state index contributed by atoms with van der Waals surface area (Å²) in [5.74, 6) is 1.88. The van der Waals surface area contributed by atoms with Gasteiger partial charge in [0.2, 0.25) is 0 Å². The summed E-state index contributed by atoms with van der Waals surface area (Å²) in [6.07, 6.45) is 0. The molecule has 4 nitrogen and oxygen atoms in total. The number of hydrogen-bond acceptors (Lipinski definition) is 6. The Balaban J connectivity index is 0.980. The molecule has 0 spiro atoms. The molecule has 6 heteroatoms. The quantitative estimate of drug-likeness (QED) is 0.168. The van der Waals surface area contributed by atoms with Crippen LogP contribution in [0.3, 0.4) is 0 Å². The number of thiophene rings is 2. The second-order valence-corrected chi connectivity index (χ2v) is 17.1. The molecule has 0 aliphatic rings. The molecule has 60 heavy (non-hydrogen) atoms. The Morgan fingerprint density at radius 3 is 1.60 bits per heavy atom. The van der Waals surface area contributed by atoms with E-state index >= 15 is 0 Å². The van der Waals surface area contributed by atoms with Crippen molar-refractivity contribution in [3.05, 3.63) is 194 Å². The van der Waals surface area contributed by atoms with Gasteiger partial charge in [-0.15, -0.1) is 22.7 Å². The molecule has 280 valence electrons. The van der Waals surface area contributed by atoms with E-state index in [9.17, 15) is 0 Å². The molecule has 0 N–H and O–H groups in total. The van der Waals surface area contributed by atoms with Crippen LogP contribution in [0.4, 0.5) is 0 Å². The maximum absolute atomic E-state index is 5.40. The lowest BCUT2D eigenvalue weighted by atomic mass is 9.99. The van der Waals surface area contributed by atoms with Crippen molar-refractivity contribution in [3.63, 3.8) is 0 Å². The first-order valence-electron chi connectivity index (χ1n) is 20.0. The van der Waals surface area contributed by atoms with Crippen LogP contribution in [-0.2, 0) is 0 Å². The van der Waals surface area contributed by atoms with Crippen LogP contribution in [0.15, 0.2) is 194 Å². The van der Waals surface area contributed by atoms with Gasteiger partial charge in [-0.2, -0.15) is 0 Å². The first kappa shape index (κ1) is 34.6. The summed E-state index contributed by atoms with van der Waals surface area (Å²) < 4.78 is 5.01. The predicted octanol–water partition coefficient (Wildman–Crippen LogP) is 15.2. The lowest BCUT2D eigenvalue weighted by Crippen LogP contribution is -2.00. The van der Waals surface area contributed by atoms with E-state index in [1.165, 1.54) is 56.9 Å². The maximum Gasteiger partial charge on any atom is 0.164 e. The van der Waals surface area contributed by atoms with Crippen molar-refractivity contribution < 1.29 is 0 Å². The van der Waals surface area contributed by atoms with Crippen molar-refractivity contribution in [1.29, 1.82) is 0 Å². The molecule has 12 rings (SSSR count). The average molecular weight is 801 g/mol. The molecular weight excluding hydrogens is 769 g/mol.